The molecule has 0 bridgehead atoms. The number of carbonyl (C=O) groups is 1. The van der Waals surface area contributed by atoms with Crippen molar-refractivity contribution in [1.82, 2.24) is 4.98 Å². The van der Waals surface area contributed by atoms with E-state index in [9.17, 15) is 25.0 Å². The maximum Gasteiger partial charge on any atom is 0.343 e. The maximum atomic E-state index is 11.9. The fourth-order valence-corrected chi connectivity index (χ4v) is 2.17. The number of hydrogen-bond acceptors (Lipinski definition) is 7. The van der Waals surface area contributed by atoms with E-state index in [0.717, 1.165) is 0 Å². The average Bonchev–Trinajstić information content (AvgIpc) is 2.58. The average molecular weight is 343 g/mol. The summed E-state index contributed by atoms with van der Waals surface area (Å²) in [5.74, 6) is -0.811. The molecule has 0 atom stereocenters. The zero-order valence-corrected chi connectivity index (χ0v) is 13.4. The molecule has 0 radical (unpaired) electrons. The third-order valence-corrected chi connectivity index (χ3v) is 3.32. The molecule has 0 spiro atoms. The molecule has 0 saturated carbocycles. The summed E-state index contributed by atoms with van der Waals surface area (Å²) in [5.41, 5.74) is -0.0422. The molecule has 0 aliphatic carbocycles. The van der Waals surface area contributed by atoms with Gasteiger partial charge in [0, 0.05) is 17.3 Å². The zero-order chi connectivity index (χ0) is 18.6. The predicted octanol–water partition coefficient (Wildman–Crippen LogP) is 1.68. The SMILES string of the molecule is COC(=O)COc1ccc(-c2cc(C)[nH]c(=O)c2C#N)cc1[N+](=O)[O-]. The van der Waals surface area contributed by atoms with Gasteiger partial charge in [0.15, 0.2) is 12.4 Å². The lowest BCUT2D eigenvalue weighted by atomic mass is 10.0. The van der Waals surface area contributed by atoms with Gasteiger partial charge in [0.1, 0.15) is 11.6 Å². The van der Waals surface area contributed by atoms with Crippen molar-refractivity contribution in [2.24, 2.45) is 0 Å². The summed E-state index contributed by atoms with van der Waals surface area (Å²) < 4.78 is 9.51. The Morgan fingerprint density at radius 1 is 1.40 bits per heavy atom. The van der Waals surface area contributed by atoms with Crippen molar-refractivity contribution < 1.29 is 19.2 Å². The van der Waals surface area contributed by atoms with Crippen LogP contribution in [0.1, 0.15) is 11.3 Å². The van der Waals surface area contributed by atoms with E-state index in [1.165, 1.54) is 25.3 Å². The summed E-state index contributed by atoms with van der Waals surface area (Å²) in [4.78, 5) is 36.1. The largest absolute Gasteiger partial charge is 0.475 e. The number of pyridine rings is 1. The molecule has 0 aliphatic rings. The molecular weight excluding hydrogens is 330 g/mol. The summed E-state index contributed by atoms with van der Waals surface area (Å²) in [7, 11) is 1.17. The third-order valence-electron chi connectivity index (χ3n) is 3.32. The van der Waals surface area contributed by atoms with Crippen LogP contribution in [0.25, 0.3) is 11.1 Å². The Labute approximate surface area is 141 Å². The number of nitro groups is 1. The first-order valence-corrected chi connectivity index (χ1v) is 6.99. The number of ether oxygens (including phenoxy) is 2. The van der Waals surface area contributed by atoms with Crippen LogP contribution in [-0.2, 0) is 9.53 Å². The normalized spacial score (nSPS) is 9.96. The van der Waals surface area contributed by atoms with E-state index < -0.39 is 28.7 Å². The molecular formula is C16H13N3O6. The van der Waals surface area contributed by atoms with Crippen molar-refractivity contribution in [3.63, 3.8) is 0 Å². The molecule has 0 unspecified atom stereocenters. The first kappa shape index (κ1) is 17.7. The molecule has 0 saturated heterocycles. The number of aromatic nitrogens is 1. The number of aromatic amines is 1. The van der Waals surface area contributed by atoms with Gasteiger partial charge in [-0.2, -0.15) is 5.26 Å². The lowest BCUT2D eigenvalue weighted by molar-refractivity contribution is -0.385. The molecule has 0 aliphatic heterocycles. The van der Waals surface area contributed by atoms with Gasteiger partial charge in [-0.25, -0.2) is 4.79 Å². The van der Waals surface area contributed by atoms with E-state index in [2.05, 4.69) is 9.72 Å². The molecule has 0 amide bonds. The standard InChI is InChI=1S/C16H13N3O6/c1-9-5-11(12(7-17)16(21)18-9)10-3-4-14(13(6-10)19(22)23)25-8-15(20)24-2/h3-6H,8H2,1-2H3,(H,18,21). The van der Waals surface area contributed by atoms with Crippen LogP contribution in [0.3, 0.4) is 0 Å². The van der Waals surface area contributed by atoms with E-state index in [1.54, 1.807) is 19.1 Å². The van der Waals surface area contributed by atoms with Gasteiger partial charge in [-0.3, -0.25) is 14.9 Å². The van der Waals surface area contributed by atoms with Crippen molar-refractivity contribution in [2.75, 3.05) is 13.7 Å². The Kier molecular flexibility index (Phi) is 5.14. The molecule has 0 fully saturated rings. The Morgan fingerprint density at radius 2 is 2.12 bits per heavy atom. The van der Waals surface area contributed by atoms with Crippen LogP contribution in [0.2, 0.25) is 0 Å². The van der Waals surface area contributed by atoms with Crippen LogP contribution in [-0.4, -0.2) is 29.6 Å². The Bertz CT molecular complexity index is 942. The number of benzene rings is 1. The number of aryl methyl sites for hydroxylation is 1. The lowest BCUT2D eigenvalue weighted by Gasteiger charge is -2.09. The number of hydrogen-bond donors (Lipinski definition) is 1. The molecule has 25 heavy (non-hydrogen) atoms. The smallest absolute Gasteiger partial charge is 0.343 e. The monoisotopic (exact) mass is 343 g/mol. The fourth-order valence-electron chi connectivity index (χ4n) is 2.17. The number of rotatable bonds is 5. The number of nitrogens with one attached hydrogen (secondary N) is 1. The lowest BCUT2D eigenvalue weighted by Crippen LogP contribution is -2.14. The van der Waals surface area contributed by atoms with Crippen molar-refractivity contribution >= 4 is 11.7 Å². The topological polar surface area (TPSA) is 135 Å². The van der Waals surface area contributed by atoms with Gasteiger partial charge in [0.25, 0.3) is 5.56 Å². The second-order valence-electron chi connectivity index (χ2n) is 4.99. The van der Waals surface area contributed by atoms with Crippen molar-refractivity contribution in [1.29, 1.82) is 5.26 Å². The molecule has 128 valence electrons. The number of esters is 1. The summed E-state index contributed by atoms with van der Waals surface area (Å²) in [6, 6.07) is 7.29. The maximum absolute atomic E-state index is 11.9. The van der Waals surface area contributed by atoms with Gasteiger partial charge in [0.05, 0.1) is 12.0 Å². The zero-order valence-electron chi connectivity index (χ0n) is 13.4. The van der Waals surface area contributed by atoms with Crippen LogP contribution >= 0.6 is 0 Å². The van der Waals surface area contributed by atoms with E-state index in [0.29, 0.717) is 11.3 Å². The first-order chi connectivity index (χ1) is 11.9. The molecule has 1 aromatic carbocycles. The van der Waals surface area contributed by atoms with Gasteiger partial charge in [-0.1, -0.05) is 6.07 Å². The Hall–Kier alpha value is -3.67. The highest BCUT2D eigenvalue weighted by atomic mass is 16.6. The molecule has 2 aromatic rings. The Balaban J connectivity index is 2.54. The molecule has 2 rings (SSSR count). The number of H-pyrrole nitrogens is 1. The van der Waals surface area contributed by atoms with Crippen LogP contribution in [0, 0.1) is 28.4 Å². The van der Waals surface area contributed by atoms with Gasteiger partial charge in [-0.05, 0) is 24.6 Å². The fraction of sp³-hybridized carbons (Fsp3) is 0.188. The second kappa shape index (κ2) is 7.27. The molecule has 1 N–H and O–H groups in total. The van der Waals surface area contributed by atoms with Crippen molar-refractivity contribution in [3.05, 3.63) is 56.0 Å². The number of methoxy groups -OCH3 is 1. The van der Waals surface area contributed by atoms with Crippen molar-refractivity contribution in [3.8, 4) is 22.9 Å². The molecule has 1 aromatic heterocycles. The second-order valence-corrected chi connectivity index (χ2v) is 4.99. The highest BCUT2D eigenvalue weighted by molar-refractivity contribution is 5.74. The number of nitriles is 1. The summed E-state index contributed by atoms with van der Waals surface area (Å²) in [6.07, 6.45) is 0. The van der Waals surface area contributed by atoms with Crippen molar-refractivity contribution in [2.45, 2.75) is 6.92 Å². The Morgan fingerprint density at radius 3 is 2.72 bits per heavy atom. The third kappa shape index (κ3) is 3.81. The van der Waals surface area contributed by atoms with Crippen LogP contribution in [0.15, 0.2) is 29.1 Å². The number of carbonyl (C=O) groups excluding carboxylic acids is 1. The van der Waals surface area contributed by atoms with Gasteiger partial charge in [-0.15, -0.1) is 0 Å². The number of nitro benzene ring substituents is 1. The van der Waals surface area contributed by atoms with E-state index >= 15 is 0 Å². The van der Waals surface area contributed by atoms with Gasteiger partial charge < -0.3 is 14.5 Å². The summed E-state index contributed by atoms with van der Waals surface area (Å²) in [6.45, 7) is 1.15. The predicted molar refractivity (Wildman–Crippen MR) is 86.1 cm³/mol. The molecule has 9 nitrogen and oxygen atoms in total. The van der Waals surface area contributed by atoms with Crippen LogP contribution in [0.4, 0.5) is 5.69 Å². The molecule has 1 heterocycles. The van der Waals surface area contributed by atoms with E-state index in [1.807, 2.05) is 0 Å². The molecule has 9 heteroatoms. The minimum Gasteiger partial charge on any atom is -0.475 e. The van der Waals surface area contributed by atoms with Crippen LogP contribution < -0.4 is 10.3 Å². The quantitative estimate of drug-likeness (QED) is 0.495. The van der Waals surface area contributed by atoms with E-state index in [4.69, 9.17) is 4.74 Å². The van der Waals surface area contributed by atoms with E-state index in [-0.39, 0.29) is 16.9 Å². The van der Waals surface area contributed by atoms with Gasteiger partial charge in [0.2, 0.25) is 0 Å². The highest BCUT2D eigenvalue weighted by Gasteiger charge is 2.20. The minimum atomic E-state index is -0.685. The summed E-state index contributed by atoms with van der Waals surface area (Å²) in [5, 5.41) is 20.5. The first-order valence-electron chi connectivity index (χ1n) is 6.99. The van der Waals surface area contributed by atoms with Gasteiger partial charge >= 0.3 is 11.7 Å². The summed E-state index contributed by atoms with van der Waals surface area (Å²) >= 11 is 0. The van der Waals surface area contributed by atoms with Crippen LogP contribution in [0.5, 0.6) is 5.75 Å². The minimum absolute atomic E-state index is 0.126. The highest BCUT2D eigenvalue weighted by Crippen LogP contribution is 2.33. The number of nitrogens with zero attached hydrogens (tertiary/aromatic N) is 2.